The van der Waals surface area contributed by atoms with E-state index in [1.165, 1.54) is 12.1 Å². The number of likely N-dealkylation sites (tertiary alicyclic amines) is 1. The Balaban J connectivity index is 1.25. The fourth-order valence-electron chi connectivity index (χ4n) is 6.04. The fraction of sp³-hybridized carbons (Fsp3) is 0.538. The van der Waals surface area contributed by atoms with E-state index in [0.717, 1.165) is 50.3 Å². The minimum atomic E-state index is -0.393. The third kappa shape index (κ3) is 4.26. The normalized spacial score (nSPS) is 24.1. The number of carbonyl (C=O) groups is 2. The Morgan fingerprint density at radius 3 is 2.32 bits per heavy atom. The van der Waals surface area contributed by atoms with Crippen molar-refractivity contribution in [3.05, 3.63) is 54.1 Å². The number of halogens is 1. The summed E-state index contributed by atoms with van der Waals surface area (Å²) in [4.78, 5) is 38.8. The number of nitrogens with zero attached hydrogens (tertiary/aromatic N) is 4. The van der Waals surface area contributed by atoms with E-state index in [2.05, 4.69) is 27.1 Å². The van der Waals surface area contributed by atoms with Crippen molar-refractivity contribution < 1.29 is 14.0 Å². The summed E-state index contributed by atoms with van der Waals surface area (Å²) < 4.78 is 13.5. The van der Waals surface area contributed by atoms with Gasteiger partial charge >= 0.3 is 0 Å². The lowest BCUT2D eigenvalue weighted by Gasteiger charge is -2.50. The number of piperidine rings is 3. The van der Waals surface area contributed by atoms with Gasteiger partial charge in [0.25, 0.3) is 0 Å². The van der Waals surface area contributed by atoms with Gasteiger partial charge in [-0.1, -0.05) is 19.1 Å². The fourth-order valence-corrected chi connectivity index (χ4v) is 6.04. The van der Waals surface area contributed by atoms with Gasteiger partial charge in [0, 0.05) is 62.9 Å². The summed E-state index contributed by atoms with van der Waals surface area (Å²) in [5.41, 5.74) is 0.478. The second-order valence-electron chi connectivity index (χ2n) is 10.3. The molecule has 180 valence electrons. The van der Waals surface area contributed by atoms with Gasteiger partial charge in [-0.25, -0.2) is 14.4 Å². The third-order valence-corrected chi connectivity index (χ3v) is 8.29. The topological polar surface area (TPSA) is 78.4 Å². The first-order chi connectivity index (χ1) is 16.4. The third-order valence-electron chi connectivity index (χ3n) is 8.29. The molecule has 1 N–H and O–H groups in total. The SMILES string of the molecule is CC1(C(=O)N2CCC3(CC2)CC(=O)NC[C@@H]3c2ccc(F)cc2)CCN(c2ncccn2)CC1. The Bertz CT molecular complexity index is 1030. The van der Waals surface area contributed by atoms with Gasteiger partial charge in [0.2, 0.25) is 17.8 Å². The summed E-state index contributed by atoms with van der Waals surface area (Å²) >= 11 is 0. The standard InChI is InChI=1S/C26H32FN5O2/c1-25(7-13-32(14-8-25)24-28-11-2-12-29-24)23(34)31-15-9-26(10-16-31)17-22(33)30-18-21(26)19-3-5-20(27)6-4-19/h2-6,11-12,21H,7-10,13-18H2,1H3,(H,30,33)/t21-/m1/s1. The highest BCUT2D eigenvalue weighted by molar-refractivity contribution is 5.83. The minimum Gasteiger partial charge on any atom is -0.355 e. The molecule has 0 saturated carbocycles. The van der Waals surface area contributed by atoms with Crippen molar-refractivity contribution in [3.8, 4) is 0 Å². The maximum absolute atomic E-state index is 13.6. The molecule has 3 aliphatic heterocycles. The molecule has 0 bridgehead atoms. The van der Waals surface area contributed by atoms with Crippen LogP contribution < -0.4 is 10.2 Å². The largest absolute Gasteiger partial charge is 0.355 e. The maximum Gasteiger partial charge on any atom is 0.228 e. The monoisotopic (exact) mass is 465 g/mol. The van der Waals surface area contributed by atoms with Crippen molar-refractivity contribution in [1.29, 1.82) is 0 Å². The van der Waals surface area contributed by atoms with Crippen LogP contribution >= 0.6 is 0 Å². The van der Waals surface area contributed by atoms with E-state index in [0.29, 0.717) is 26.1 Å². The first-order valence-corrected chi connectivity index (χ1v) is 12.2. The van der Waals surface area contributed by atoms with Crippen LogP contribution in [0.1, 0.15) is 50.5 Å². The van der Waals surface area contributed by atoms with Crippen LogP contribution in [0.4, 0.5) is 10.3 Å². The molecule has 8 heteroatoms. The second kappa shape index (κ2) is 8.96. The average molecular weight is 466 g/mol. The molecule has 7 nitrogen and oxygen atoms in total. The zero-order valence-electron chi connectivity index (χ0n) is 19.7. The van der Waals surface area contributed by atoms with Crippen LogP contribution in [0.15, 0.2) is 42.7 Å². The number of amides is 2. The van der Waals surface area contributed by atoms with Gasteiger partial charge in [-0.2, -0.15) is 0 Å². The van der Waals surface area contributed by atoms with Gasteiger partial charge < -0.3 is 15.1 Å². The first-order valence-electron chi connectivity index (χ1n) is 12.2. The van der Waals surface area contributed by atoms with Crippen molar-refractivity contribution in [2.75, 3.05) is 37.6 Å². The number of rotatable bonds is 3. The van der Waals surface area contributed by atoms with E-state index < -0.39 is 5.41 Å². The van der Waals surface area contributed by atoms with E-state index in [1.807, 2.05) is 17.0 Å². The van der Waals surface area contributed by atoms with Crippen molar-refractivity contribution in [1.82, 2.24) is 20.2 Å². The number of hydrogen-bond donors (Lipinski definition) is 1. The summed E-state index contributed by atoms with van der Waals surface area (Å²) in [5, 5.41) is 3.00. The lowest BCUT2D eigenvalue weighted by molar-refractivity contribution is -0.146. The Kier molecular flexibility index (Phi) is 6.00. The van der Waals surface area contributed by atoms with Crippen LogP contribution in [0.3, 0.4) is 0 Å². The van der Waals surface area contributed by atoms with Crippen molar-refractivity contribution in [3.63, 3.8) is 0 Å². The molecule has 34 heavy (non-hydrogen) atoms. The molecule has 3 fully saturated rings. The molecule has 1 atom stereocenters. The number of anilines is 1. The highest BCUT2D eigenvalue weighted by Gasteiger charge is 2.48. The molecule has 1 aromatic carbocycles. The summed E-state index contributed by atoms with van der Waals surface area (Å²) in [6.45, 7) is 5.48. The molecule has 0 aliphatic carbocycles. The smallest absolute Gasteiger partial charge is 0.228 e. The number of hydrogen-bond acceptors (Lipinski definition) is 5. The molecule has 1 spiro atoms. The zero-order valence-corrected chi connectivity index (χ0v) is 19.7. The Labute approximate surface area is 199 Å². The summed E-state index contributed by atoms with van der Waals surface area (Å²) in [6.07, 6.45) is 7.06. The Morgan fingerprint density at radius 2 is 1.68 bits per heavy atom. The van der Waals surface area contributed by atoms with E-state index in [9.17, 15) is 14.0 Å². The first kappa shape index (κ1) is 22.7. The average Bonchev–Trinajstić information content (AvgIpc) is 2.86. The summed E-state index contributed by atoms with van der Waals surface area (Å²) in [6, 6.07) is 8.46. The zero-order chi connectivity index (χ0) is 23.8. The van der Waals surface area contributed by atoms with Crippen molar-refractivity contribution in [2.45, 2.75) is 44.9 Å². The van der Waals surface area contributed by atoms with E-state index in [-0.39, 0.29) is 29.0 Å². The van der Waals surface area contributed by atoms with Gasteiger partial charge in [-0.3, -0.25) is 9.59 Å². The molecular weight excluding hydrogens is 433 g/mol. The van der Waals surface area contributed by atoms with Gasteiger partial charge in [-0.15, -0.1) is 0 Å². The van der Waals surface area contributed by atoms with Crippen molar-refractivity contribution >= 4 is 17.8 Å². The van der Waals surface area contributed by atoms with Gasteiger partial charge in [-0.05, 0) is 54.9 Å². The predicted octanol–water partition coefficient (Wildman–Crippen LogP) is 3.13. The summed E-state index contributed by atoms with van der Waals surface area (Å²) in [5.74, 6) is 0.887. The molecule has 0 radical (unpaired) electrons. The molecule has 5 rings (SSSR count). The highest BCUT2D eigenvalue weighted by Crippen LogP contribution is 2.49. The van der Waals surface area contributed by atoms with Crippen LogP contribution in [0.5, 0.6) is 0 Å². The highest BCUT2D eigenvalue weighted by atomic mass is 19.1. The molecule has 2 aromatic rings. The number of carbonyl (C=O) groups excluding carboxylic acids is 2. The lowest BCUT2D eigenvalue weighted by atomic mass is 9.62. The predicted molar refractivity (Wildman–Crippen MR) is 127 cm³/mol. The molecule has 4 heterocycles. The second-order valence-corrected chi connectivity index (χ2v) is 10.3. The van der Waals surface area contributed by atoms with Crippen LogP contribution in [0.25, 0.3) is 0 Å². The van der Waals surface area contributed by atoms with Gasteiger partial charge in [0.05, 0.1) is 0 Å². The van der Waals surface area contributed by atoms with Gasteiger partial charge in [0.15, 0.2) is 0 Å². The molecule has 0 unspecified atom stereocenters. The maximum atomic E-state index is 13.6. The number of benzene rings is 1. The van der Waals surface area contributed by atoms with E-state index in [4.69, 9.17) is 0 Å². The van der Waals surface area contributed by atoms with Crippen LogP contribution in [0, 0.1) is 16.6 Å². The Hall–Kier alpha value is -3.03. The molecule has 1 aromatic heterocycles. The minimum absolute atomic E-state index is 0.0700. The van der Waals surface area contributed by atoms with Crippen LogP contribution in [-0.2, 0) is 9.59 Å². The van der Waals surface area contributed by atoms with Crippen molar-refractivity contribution in [2.24, 2.45) is 10.8 Å². The Morgan fingerprint density at radius 1 is 1.03 bits per heavy atom. The molecule has 3 aliphatic rings. The van der Waals surface area contributed by atoms with E-state index >= 15 is 0 Å². The van der Waals surface area contributed by atoms with Crippen LogP contribution in [-0.4, -0.2) is 59.4 Å². The molecule has 3 saturated heterocycles. The number of nitrogens with one attached hydrogen (secondary N) is 1. The lowest BCUT2D eigenvalue weighted by Crippen LogP contribution is -2.55. The molecule has 2 amide bonds. The quantitative estimate of drug-likeness (QED) is 0.754. The summed E-state index contributed by atoms with van der Waals surface area (Å²) in [7, 11) is 0. The van der Waals surface area contributed by atoms with Crippen LogP contribution in [0.2, 0.25) is 0 Å². The molecular formula is C26H32FN5O2. The number of aromatic nitrogens is 2. The van der Waals surface area contributed by atoms with Gasteiger partial charge in [0.1, 0.15) is 5.82 Å². The van der Waals surface area contributed by atoms with E-state index in [1.54, 1.807) is 18.5 Å².